The predicted octanol–water partition coefficient (Wildman–Crippen LogP) is 7.04. The molecule has 2 aliphatic heterocycles. The molecule has 0 saturated carbocycles. The number of anilines is 1. The lowest BCUT2D eigenvalue weighted by Crippen LogP contribution is -2.26. The Balaban J connectivity index is 1.57. The highest BCUT2D eigenvalue weighted by molar-refractivity contribution is 6.04. The Hall–Kier alpha value is -3.72. The van der Waals surface area contributed by atoms with Crippen LogP contribution in [0.2, 0.25) is 0 Å². The Labute approximate surface area is 209 Å². The van der Waals surface area contributed by atoms with E-state index in [0.29, 0.717) is 0 Å². The summed E-state index contributed by atoms with van der Waals surface area (Å²) < 4.78 is 2.32. The quantitative estimate of drug-likeness (QED) is 0.307. The lowest BCUT2D eigenvalue weighted by Gasteiger charge is -2.23. The van der Waals surface area contributed by atoms with Crippen molar-refractivity contribution in [3.05, 3.63) is 120 Å². The van der Waals surface area contributed by atoms with E-state index < -0.39 is 0 Å². The molecule has 5 rings (SSSR count). The summed E-state index contributed by atoms with van der Waals surface area (Å²) in [6.45, 7) is 9.22. The second-order valence-electron chi connectivity index (χ2n) is 10.5. The number of nitrogens with zero attached hydrogens (tertiary/aromatic N) is 3. The van der Waals surface area contributed by atoms with Gasteiger partial charge in [-0.3, -0.25) is 4.98 Å². The number of rotatable bonds is 4. The van der Waals surface area contributed by atoms with Crippen LogP contribution in [-0.4, -0.2) is 29.4 Å². The van der Waals surface area contributed by atoms with E-state index >= 15 is 0 Å². The van der Waals surface area contributed by atoms with Crippen molar-refractivity contribution in [2.45, 2.75) is 38.5 Å². The molecule has 3 heteroatoms. The van der Waals surface area contributed by atoms with Gasteiger partial charge in [0.1, 0.15) is 7.05 Å². The van der Waals surface area contributed by atoms with E-state index in [1.165, 1.54) is 33.9 Å². The first kappa shape index (κ1) is 23.0. The molecule has 2 aliphatic rings. The standard InChI is InChI=1S/C32H34N3/c1-31(2)25-11-7-9-13-27(25)34(5)29(31)17-15-23(24-19-21-33-22-20-24)16-18-30-32(3,4)26-12-8-10-14-28(26)35(30)6/h7-22H,1-6H3/q+1. The zero-order valence-corrected chi connectivity index (χ0v) is 21.6. The molecule has 0 bridgehead atoms. The third kappa shape index (κ3) is 3.76. The lowest BCUT2D eigenvalue weighted by molar-refractivity contribution is -0.401. The summed E-state index contributed by atoms with van der Waals surface area (Å²) in [4.78, 5) is 6.56. The first-order valence-corrected chi connectivity index (χ1v) is 12.3. The van der Waals surface area contributed by atoms with Gasteiger partial charge in [0.25, 0.3) is 0 Å². The van der Waals surface area contributed by atoms with Crippen LogP contribution in [0.25, 0.3) is 5.57 Å². The summed E-state index contributed by atoms with van der Waals surface area (Å²) in [7, 11) is 4.33. The highest BCUT2D eigenvalue weighted by Gasteiger charge is 2.42. The van der Waals surface area contributed by atoms with Crippen LogP contribution >= 0.6 is 0 Å². The number of allylic oxidation sites excluding steroid dienone is 6. The Morgan fingerprint density at radius 2 is 1.51 bits per heavy atom. The Morgan fingerprint density at radius 1 is 0.857 bits per heavy atom. The molecule has 3 aromatic rings. The van der Waals surface area contributed by atoms with Gasteiger partial charge in [0, 0.05) is 53.9 Å². The Kier molecular flexibility index (Phi) is 5.59. The van der Waals surface area contributed by atoms with Gasteiger partial charge >= 0.3 is 0 Å². The van der Waals surface area contributed by atoms with Crippen molar-refractivity contribution < 1.29 is 4.58 Å². The van der Waals surface area contributed by atoms with Gasteiger partial charge in [-0.15, -0.1) is 0 Å². The van der Waals surface area contributed by atoms with Gasteiger partial charge in [-0.2, -0.15) is 4.58 Å². The fourth-order valence-corrected chi connectivity index (χ4v) is 5.73. The molecular formula is C32H34N3+. The molecule has 0 unspecified atom stereocenters. The fourth-order valence-electron chi connectivity index (χ4n) is 5.73. The number of benzene rings is 2. The van der Waals surface area contributed by atoms with Crippen molar-refractivity contribution in [1.29, 1.82) is 0 Å². The molecular weight excluding hydrogens is 426 g/mol. The number of pyridine rings is 1. The number of hydrogen-bond donors (Lipinski definition) is 0. The number of likely N-dealkylation sites (N-methyl/N-ethyl adjacent to an activating group) is 1. The summed E-state index contributed by atoms with van der Waals surface area (Å²) >= 11 is 0. The van der Waals surface area contributed by atoms with Gasteiger partial charge in [0.15, 0.2) is 5.71 Å². The van der Waals surface area contributed by atoms with E-state index in [4.69, 9.17) is 0 Å². The number of hydrogen-bond acceptors (Lipinski definition) is 2. The third-order valence-electron chi connectivity index (χ3n) is 7.74. The second kappa shape index (κ2) is 8.49. The molecule has 0 N–H and O–H groups in total. The minimum absolute atomic E-state index is 0.0566. The molecule has 0 atom stereocenters. The number of aromatic nitrogens is 1. The van der Waals surface area contributed by atoms with Crippen LogP contribution in [0, 0.1) is 0 Å². The molecule has 3 nitrogen and oxygen atoms in total. The van der Waals surface area contributed by atoms with Crippen molar-refractivity contribution in [2.24, 2.45) is 0 Å². The van der Waals surface area contributed by atoms with Crippen LogP contribution in [-0.2, 0) is 10.8 Å². The molecule has 0 spiro atoms. The van der Waals surface area contributed by atoms with E-state index in [1.807, 2.05) is 12.4 Å². The average molecular weight is 461 g/mol. The predicted molar refractivity (Wildman–Crippen MR) is 148 cm³/mol. The van der Waals surface area contributed by atoms with Gasteiger partial charge in [-0.25, -0.2) is 0 Å². The zero-order chi connectivity index (χ0) is 24.8. The molecule has 0 aliphatic carbocycles. The maximum Gasteiger partial charge on any atom is 0.209 e. The highest BCUT2D eigenvalue weighted by atomic mass is 15.2. The van der Waals surface area contributed by atoms with Crippen molar-refractivity contribution >= 4 is 22.7 Å². The highest BCUT2D eigenvalue weighted by Crippen LogP contribution is 2.46. The SMILES string of the molecule is CN1C(=CC=C(C=CC2=[N+](C)c3ccccc3C2(C)C)c2ccncc2)C(C)(C)c2ccccc21. The van der Waals surface area contributed by atoms with Crippen molar-refractivity contribution in [3.63, 3.8) is 0 Å². The van der Waals surface area contributed by atoms with Crippen LogP contribution < -0.4 is 4.90 Å². The van der Waals surface area contributed by atoms with E-state index in [-0.39, 0.29) is 10.8 Å². The maximum atomic E-state index is 4.24. The van der Waals surface area contributed by atoms with E-state index in [0.717, 1.165) is 11.1 Å². The van der Waals surface area contributed by atoms with Crippen molar-refractivity contribution in [3.8, 4) is 0 Å². The van der Waals surface area contributed by atoms with Gasteiger partial charge in [0.05, 0.1) is 5.41 Å². The van der Waals surface area contributed by atoms with Crippen LogP contribution in [0.3, 0.4) is 0 Å². The van der Waals surface area contributed by atoms with Gasteiger partial charge in [-0.1, -0.05) is 56.3 Å². The van der Waals surface area contributed by atoms with Gasteiger partial charge < -0.3 is 4.90 Å². The molecule has 0 radical (unpaired) electrons. The molecule has 35 heavy (non-hydrogen) atoms. The topological polar surface area (TPSA) is 19.1 Å². The van der Waals surface area contributed by atoms with E-state index in [1.54, 1.807) is 0 Å². The number of fused-ring (bicyclic) bond motifs is 2. The summed E-state index contributed by atoms with van der Waals surface area (Å²) in [5.74, 6) is 0. The van der Waals surface area contributed by atoms with E-state index in [9.17, 15) is 0 Å². The monoisotopic (exact) mass is 460 g/mol. The first-order valence-electron chi connectivity index (χ1n) is 12.3. The second-order valence-corrected chi connectivity index (χ2v) is 10.5. The van der Waals surface area contributed by atoms with E-state index in [2.05, 4.69) is 141 Å². The molecule has 0 amide bonds. The molecule has 3 heterocycles. The van der Waals surface area contributed by atoms with Crippen LogP contribution in [0.1, 0.15) is 44.4 Å². The normalized spacial score (nSPS) is 19.5. The Bertz CT molecular complexity index is 1400. The molecule has 2 aromatic carbocycles. The fraction of sp³-hybridized carbons (Fsp3) is 0.250. The average Bonchev–Trinajstić information content (AvgIpc) is 3.18. The number of para-hydroxylation sites is 2. The zero-order valence-electron chi connectivity index (χ0n) is 21.6. The third-order valence-corrected chi connectivity index (χ3v) is 7.74. The summed E-state index contributed by atoms with van der Waals surface area (Å²) in [5.41, 5.74) is 10.1. The summed E-state index contributed by atoms with van der Waals surface area (Å²) in [6, 6.07) is 21.6. The first-order chi connectivity index (χ1) is 16.7. The molecule has 0 fully saturated rings. The van der Waals surface area contributed by atoms with Crippen LogP contribution in [0.5, 0.6) is 0 Å². The smallest absolute Gasteiger partial charge is 0.209 e. The minimum Gasteiger partial charge on any atom is -0.347 e. The molecule has 176 valence electrons. The minimum atomic E-state index is -0.0566. The van der Waals surface area contributed by atoms with Crippen LogP contribution in [0.4, 0.5) is 11.4 Å². The van der Waals surface area contributed by atoms with Crippen LogP contribution in [0.15, 0.2) is 103 Å². The largest absolute Gasteiger partial charge is 0.347 e. The molecule has 1 aromatic heterocycles. The van der Waals surface area contributed by atoms with Gasteiger partial charge in [-0.05, 0) is 60.9 Å². The van der Waals surface area contributed by atoms with Gasteiger partial charge in [0.2, 0.25) is 5.69 Å². The van der Waals surface area contributed by atoms with Crippen molar-refractivity contribution in [2.75, 3.05) is 19.0 Å². The van der Waals surface area contributed by atoms with Crippen molar-refractivity contribution in [1.82, 2.24) is 4.98 Å². The summed E-state index contributed by atoms with van der Waals surface area (Å²) in [6.07, 6.45) is 12.8. The lowest BCUT2D eigenvalue weighted by atomic mass is 9.81. The Morgan fingerprint density at radius 3 is 2.20 bits per heavy atom. The summed E-state index contributed by atoms with van der Waals surface area (Å²) in [5, 5.41) is 0. The maximum absolute atomic E-state index is 4.24. The molecule has 0 saturated heterocycles.